The smallest absolute Gasteiger partial charge is 0.183 e. The maximum atomic E-state index is 11.6. The lowest BCUT2D eigenvalue weighted by molar-refractivity contribution is 0.0906. The predicted octanol–water partition coefficient (Wildman–Crippen LogP) is 1.87. The van der Waals surface area contributed by atoms with Crippen molar-refractivity contribution in [2.45, 2.75) is 33.6 Å². The van der Waals surface area contributed by atoms with Crippen molar-refractivity contribution >= 4 is 5.78 Å². The molecule has 0 saturated heterocycles. The Morgan fingerprint density at radius 2 is 2.08 bits per heavy atom. The van der Waals surface area contributed by atoms with E-state index >= 15 is 0 Å². The molecule has 0 amide bonds. The predicted molar refractivity (Wildman–Crippen MR) is 49.8 cm³/mol. The van der Waals surface area contributed by atoms with Gasteiger partial charge in [-0.1, -0.05) is 13.8 Å². The molecule has 1 aliphatic rings. The molecule has 1 aromatic rings. The summed E-state index contributed by atoms with van der Waals surface area (Å²) in [5.41, 5.74) is 1.76. The molecule has 3 heteroatoms. The van der Waals surface area contributed by atoms with Crippen LogP contribution in [0.5, 0.6) is 0 Å². The molecule has 0 spiro atoms. The van der Waals surface area contributed by atoms with Crippen LogP contribution in [0.2, 0.25) is 0 Å². The van der Waals surface area contributed by atoms with Gasteiger partial charge in [0.1, 0.15) is 11.5 Å². The minimum absolute atomic E-state index is 0.0864. The molecule has 0 unspecified atom stereocenters. The molecule has 13 heavy (non-hydrogen) atoms. The third-order valence-electron chi connectivity index (χ3n) is 2.46. The van der Waals surface area contributed by atoms with E-state index in [9.17, 15) is 4.79 Å². The molecule has 1 aliphatic carbocycles. The first-order valence-electron chi connectivity index (χ1n) is 4.57. The Morgan fingerprint density at radius 3 is 2.77 bits per heavy atom. The van der Waals surface area contributed by atoms with E-state index in [0.29, 0.717) is 12.1 Å². The summed E-state index contributed by atoms with van der Waals surface area (Å²) in [4.78, 5) is 19.0. The number of hydrogen-bond acceptors (Lipinski definition) is 2. The number of H-pyrrole nitrogens is 1. The van der Waals surface area contributed by atoms with Crippen LogP contribution in [0, 0.1) is 12.3 Å². The highest BCUT2D eigenvalue weighted by molar-refractivity contribution is 5.96. The van der Waals surface area contributed by atoms with Crippen molar-refractivity contribution < 1.29 is 4.79 Å². The Labute approximate surface area is 77.6 Å². The third-order valence-corrected chi connectivity index (χ3v) is 2.46. The lowest BCUT2D eigenvalue weighted by Crippen LogP contribution is -2.26. The number of fused-ring (bicyclic) bond motifs is 1. The zero-order chi connectivity index (χ0) is 9.64. The van der Waals surface area contributed by atoms with Crippen LogP contribution in [-0.2, 0) is 6.42 Å². The number of imidazole rings is 1. The van der Waals surface area contributed by atoms with Gasteiger partial charge in [0.05, 0.1) is 0 Å². The molecule has 1 N–H and O–H groups in total. The molecule has 70 valence electrons. The van der Waals surface area contributed by atoms with E-state index in [0.717, 1.165) is 17.9 Å². The Bertz CT molecular complexity index is 363. The molecule has 0 bridgehead atoms. The van der Waals surface area contributed by atoms with E-state index in [1.165, 1.54) is 0 Å². The van der Waals surface area contributed by atoms with Crippen LogP contribution >= 0.6 is 0 Å². The van der Waals surface area contributed by atoms with E-state index < -0.39 is 0 Å². The minimum Gasteiger partial charge on any atom is -0.345 e. The van der Waals surface area contributed by atoms with E-state index in [4.69, 9.17) is 0 Å². The molecule has 3 nitrogen and oxygen atoms in total. The Kier molecular flexibility index (Phi) is 1.59. The summed E-state index contributed by atoms with van der Waals surface area (Å²) in [6.07, 6.45) is 1.54. The number of rotatable bonds is 0. The number of nitrogens with zero attached hydrogens (tertiary/aromatic N) is 1. The number of aryl methyl sites for hydroxylation is 1. The normalized spacial score (nSPS) is 20.1. The summed E-state index contributed by atoms with van der Waals surface area (Å²) >= 11 is 0. The van der Waals surface area contributed by atoms with Crippen molar-refractivity contribution in [3.8, 4) is 0 Å². The molecule has 0 fully saturated rings. The number of aromatic amines is 1. The monoisotopic (exact) mass is 178 g/mol. The molecule has 0 atom stereocenters. The maximum absolute atomic E-state index is 11.6. The van der Waals surface area contributed by atoms with Gasteiger partial charge >= 0.3 is 0 Å². The minimum atomic E-state index is 0.0864. The van der Waals surface area contributed by atoms with Gasteiger partial charge in [-0.25, -0.2) is 4.98 Å². The fourth-order valence-electron chi connectivity index (χ4n) is 1.96. The highest BCUT2D eigenvalue weighted by atomic mass is 16.1. The fraction of sp³-hybridized carbons (Fsp3) is 0.600. The molecule has 1 heterocycles. The average molecular weight is 178 g/mol. The largest absolute Gasteiger partial charge is 0.345 e. The first-order valence-corrected chi connectivity index (χ1v) is 4.57. The summed E-state index contributed by atoms with van der Waals surface area (Å²) in [7, 11) is 0. The van der Waals surface area contributed by atoms with Crippen molar-refractivity contribution in [2.75, 3.05) is 0 Å². The van der Waals surface area contributed by atoms with Gasteiger partial charge in [0.15, 0.2) is 5.78 Å². The first kappa shape index (κ1) is 8.48. The van der Waals surface area contributed by atoms with Gasteiger partial charge in [-0.05, 0) is 18.8 Å². The van der Waals surface area contributed by atoms with Crippen molar-refractivity contribution in [1.29, 1.82) is 0 Å². The van der Waals surface area contributed by atoms with Gasteiger partial charge in [-0.15, -0.1) is 0 Å². The van der Waals surface area contributed by atoms with Crippen LogP contribution < -0.4 is 0 Å². The lowest BCUT2D eigenvalue weighted by atomic mass is 9.77. The van der Waals surface area contributed by atoms with Crippen molar-refractivity contribution in [3.63, 3.8) is 0 Å². The Balaban J connectivity index is 2.48. The highest BCUT2D eigenvalue weighted by Crippen LogP contribution is 2.33. The second-order valence-corrected chi connectivity index (χ2v) is 4.59. The maximum Gasteiger partial charge on any atom is 0.183 e. The average Bonchev–Trinajstić information content (AvgIpc) is 2.27. The molecular formula is C10H14N2O. The number of nitrogens with one attached hydrogen (secondary N) is 1. The zero-order valence-corrected chi connectivity index (χ0v) is 8.27. The van der Waals surface area contributed by atoms with Crippen LogP contribution in [0.15, 0.2) is 0 Å². The summed E-state index contributed by atoms with van der Waals surface area (Å²) in [5.74, 6) is 1.02. The van der Waals surface area contributed by atoms with Crippen molar-refractivity contribution in [3.05, 3.63) is 17.2 Å². The number of ketones is 1. The van der Waals surface area contributed by atoms with Gasteiger partial charge in [-0.2, -0.15) is 0 Å². The summed E-state index contributed by atoms with van der Waals surface area (Å²) in [6, 6.07) is 0. The number of carbonyl (C=O) groups is 1. The molecule has 1 aromatic heterocycles. The zero-order valence-electron chi connectivity index (χ0n) is 8.27. The van der Waals surface area contributed by atoms with Crippen LogP contribution in [0.4, 0.5) is 0 Å². The Morgan fingerprint density at radius 1 is 1.38 bits per heavy atom. The number of aromatic nitrogens is 2. The van der Waals surface area contributed by atoms with E-state index in [2.05, 4.69) is 23.8 Å². The standard InChI is InChI=1S/C10H14N2O/c1-6-11-7-4-10(2,3)5-8(13)9(7)12-6/h4-5H2,1-3H3,(H,11,12). The van der Waals surface area contributed by atoms with E-state index in [1.54, 1.807) is 0 Å². The third kappa shape index (κ3) is 1.39. The molecular weight excluding hydrogens is 164 g/mol. The first-order chi connectivity index (χ1) is 5.98. The number of carbonyl (C=O) groups excluding carboxylic acids is 1. The number of hydrogen-bond donors (Lipinski definition) is 1. The van der Waals surface area contributed by atoms with Crippen molar-refractivity contribution in [1.82, 2.24) is 9.97 Å². The molecule has 2 rings (SSSR count). The summed E-state index contributed by atoms with van der Waals surface area (Å²) < 4.78 is 0. The second kappa shape index (κ2) is 2.44. The van der Waals surface area contributed by atoms with Crippen LogP contribution in [0.3, 0.4) is 0 Å². The molecule has 0 saturated carbocycles. The molecule has 0 aromatic carbocycles. The fourth-order valence-corrected chi connectivity index (χ4v) is 1.96. The van der Waals surface area contributed by atoms with Crippen LogP contribution in [0.1, 0.15) is 42.3 Å². The quantitative estimate of drug-likeness (QED) is 0.659. The molecule has 0 radical (unpaired) electrons. The van der Waals surface area contributed by atoms with Gasteiger partial charge < -0.3 is 4.98 Å². The van der Waals surface area contributed by atoms with Crippen molar-refractivity contribution in [2.24, 2.45) is 5.41 Å². The molecule has 0 aliphatic heterocycles. The summed E-state index contributed by atoms with van der Waals surface area (Å²) in [5, 5.41) is 0. The van der Waals surface area contributed by atoms with Gasteiger partial charge in [0.2, 0.25) is 0 Å². The van der Waals surface area contributed by atoms with Crippen LogP contribution in [0.25, 0.3) is 0 Å². The lowest BCUT2D eigenvalue weighted by Gasteiger charge is -2.27. The topological polar surface area (TPSA) is 45.8 Å². The highest BCUT2D eigenvalue weighted by Gasteiger charge is 2.33. The number of Topliss-reactive ketones (excluding diaryl/α,β-unsaturated/α-hetero) is 1. The van der Waals surface area contributed by atoms with E-state index in [-0.39, 0.29) is 11.2 Å². The second-order valence-electron chi connectivity index (χ2n) is 4.59. The summed E-state index contributed by atoms with van der Waals surface area (Å²) in [6.45, 7) is 6.12. The van der Waals surface area contributed by atoms with Gasteiger partial charge in [0.25, 0.3) is 0 Å². The van der Waals surface area contributed by atoms with Gasteiger partial charge in [0, 0.05) is 12.1 Å². The van der Waals surface area contributed by atoms with Crippen LogP contribution in [-0.4, -0.2) is 15.8 Å². The van der Waals surface area contributed by atoms with Gasteiger partial charge in [-0.3, -0.25) is 4.79 Å². The van der Waals surface area contributed by atoms with E-state index in [1.807, 2.05) is 6.92 Å². The SMILES string of the molecule is Cc1nc2c([nH]1)CC(C)(C)CC2=O. The Hall–Kier alpha value is -1.12.